The van der Waals surface area contributed by atoms with Crippen molar-refractivity contribution in [1.82, 2.24) is 5.32 Å². The molecule has 0 spiro atoms. The summed E-state index contributed by atoms with van der Waals surface area (Å²) in [5.74, 6) is -1.27. The molecule has 0 heterocycles. The molecule has 0 radical (unpaired) electrons. The molecule has 31 heavy (non-hydrogen) atoms. The maximum atomic E-state index is 13.0. The Bertz CT molecular complexity index is 665. The first-order valence-electron chi connectivity index (χ1n) is 10.9. The highest BCUT2D eigenvalue weighted by Gasteiger charge is 2.38. The van der Waals surface area contributed by atoms with Crippen LogP contribution >= 0.6 is 0 Å². The quantitative estimate of drug-likeness (QED) is 0.506. The van der Waals surface area contributed by atoms with Gasteiger partial charge in [-0.25, -0.2) is 4.79 Å². The van der Waals surface area contributed by atoms with Crippen LogP contribution in [0.5, 0.6) is 0 Å². The standard InChI is InChI=1S/C24H43NO6/c1-16(26)12-13-17(18(27)30-21(2,3)4)25-19(28)23(8,9)14-15-24(10,11)20(29)31-22(5,6)7/h17H,12-15H2,1-11H3,(H,25,28)/t17-/m0/s1. The predicted octanol–water partition coefficient (Wildman–Crippen LogP) is 4.36. The van der Waals surface area contributed by atoms with Crippen molar-refractivity contribution in [3.05, 3.63) is 0 Å². The van der Waals surface area contributed by atoms with Gasteiger partial charge in [-0.1, -0.05) is 13.8 Å². The molecule has 0 aromatic rings. The van der Waals surface area contributed by atoms with E-state index >= 15 is 0 Å². The molecule has 7 nitrogen and oxygen atoms in total. The van der Waals surface area contributed by atoms with Crippen LogP contribution in [0.15, 0.2) is 0 Å². The molecule has 0 aliphatic heterocycles. The number of esters is 2. The van der Waals surface area contributed by atoms with Crippen LogP contribution in [0, 0.1) is 10.8 Å². The molecule has 7 heteroatoms. The van der Waals surface area contributed by atoms with E-state index < -0.39 is 34.0 Å². The van der Waals surface area contributed by atoms with Gasteiger partial charge in [0.1, 0.15) is 23.0 Å². The minimum Gasteiger partial charge on any atom is -0.460 e. The fourth-order valence-corrected chi connectivity index (χ4v) is 2.58. The molecule has 180 valence electrons. The first-order valence-corrected chi connectivity index (χ1v) is 10.9. The Morgan fingerprint density at radius 2 is 1.19 bits per heavy atom. The molecule has 0 saturated heterocycles. The summed E-state index contributed by atoms with van der Waals surface area (Å²) < 4.78 is 10.9. The fourth-order valence-electron chi connectivity index (χ4n) is 2.58. The minimum atomic E-state index is -0.909. The first-order chi connectivity index (χ1) is 13.7. The lowest BCUT2D eigenvalue weighted by molar-refractivity contribution is -0.166. The largest absolute Gasteiger partial charge is 0.460 e. The van der Waals surface area contributed by atoms with Gasteiger partial charge in [0.2, 0.25) is 5.91 Å². The Kier molecular flexibility index (Phi) is 9.94. The molecule has 0 aromatic carbocycles. The van der Waals surface area contributed by atoms with Gasteiger partial charge in [0.15, 0.2) is 0 Å². The van der Waals surface area contributed by atoms with Crippen LogP contribution in [0.3, 0.4) is 0 Å². The molecule has 1 atom stereocenters. The lowest BCUT2D eigenvalue weighted by Gasteiger charge is -2.32. The van der Waals surface area contributed by atoms with E-state index in [2.05, 4.69) is 5.32 Å². The van der Waals surface area contributed by atoms with Gasteiger partial charge < -0.3 is 19.6 Å². The zero-order valence-corrected chi connectivity index (χ0v) is 21.4. The van der Waals surface area contributed by atoms with Crippen molar-refractivity contribution in [3.8, 4) is 0 Å². The van der Waals surface area contributed by atoms with Crippen LogP contribution in [0.25, 0.3) is 0 Å². The number of ether oxygens (including phenoxy) is 2. The second kappa shape index (κ2) is 10.6. The summed E-state index contributed by atoms with van der Waals surface area (Å²) in [6, 6.07) is -0.909. The molecule has 0 aliphatic carbocycles. The molecule has 1 amide bonds. The van der Waals surface area contributed by atoms with Gasteiger partial charge in [-0.15, -0.1) is 0 Å². The van der Waals surface area contributed by atoms with Crippen molar-refractivity contribution >= 4 is 23.6 Å². The highest BCUT2D eigenvalue weighted by Crippen LogP contribution is 2.33. The predicted molar refractivity (Wildman–Crippen MR) is 120 cm³/mol. The van der Waals surface area contributed by atoms with Crippen LogP contribution < -0.4 is 5.32 Å². The Morgan fingerprint density at radius 1 is 0.742 bits per heavy atom. The summed E-state index contributed by atoms with van der Waals surface area (Å²) >= 11 is 0. The summed E-state index contributed by atoms with van der Waals surface area (Å²) in [6.07, 6.45) is 1.19. The number of rotatable bonds is 10. The van der Waals surface area contributed by atoms with Crippen LogP contribution in [0.4, 0.5) is 0 Å². The Morgan fingerprint density at radius 3 is 1.61 bits per heavy atom. The molecule has 0 rings (SSSR count). The van der Waals surface area contributed by atoms with E-state index in [-0.39, 0.29) is 30.5 Å². The summed E-state index contributed by atoms with van der Waals surface area (Å²) in [7, 11) is 0. The second-order valence-electron chi connectivity index (χ2n) is 11.6. The van der Waals surface area contributed by atoms with Crippen molar-refractivity contribution < 1.29 is 28.7 Å². The molecule has 0 unspecified atom stereocenters. The monoisotopic (exact) mass is 441 g/mol. The minimum absolute atomic E-state index is 0.0684. The van der Waals surface area contributed by atoms with Crippen LogP contribution in [0.1, 0.15) is 102 Å². The molecular weight excluding hydrogens is 398 g/mol. The highest BCUT2D eigenvalue weighted by atomic mass is 16.6. The van der Waals surface area contributed by atoms with Crippen molar-refractivity contribution in [2.24, 2.45) is 10.8 Å². The summed E-state index contributed by atoms with van der Waals surface area (Å²) in [5.41, 5.74) is -2.89. The second-order valence-corrected chi connectivity index (χ2v) is 11.6. The Balaban J connectivity index is 5.23. The zero-order chi connectivity index (χ0) is 24.8. The normalized spacial score (nSPS) is 13.9. The van der Waals surface area contributed by atoms with Crippen LogP contribution in [0.2, 0.25) is 0 Å². The highest BCUT2D eigenvalue weighted by molar-refractivity contribution is 5.88. The maximum Gasteiger partial charge on any atom is 0.329 e. The molecular formula is C24H43NO6. The maximum absolute atomic E-state index is 13.0. The third-order valence-corrected chi connectivity index (χ3v) is 4.72. The number of carbonyl (C=O) groups excluding carboxylic acids is 4. The van der Waals surface area contributed by atoms with E-state index in [9.17, 15) is 19.2 Å². The van der Waals surface area contributed by atoms with Gasteiger partial charge in [0.05, 0.1) is 5.41 Å². The van der Waals surface area contributed by atoms with E-state index in [4.69, 9.17) is 9.47 Å². The smallest absolute Gasteiger partial charge is 0.329 e. The van der Waals surface area contributed by atoms with E-state index in [1.54, 1.807) is 48.5 Å². The van der Waals surface area contributed by atoms with E-state index in [0.29, 0.717) is 12.8 Å². The van der Waals surface area contributed by atoms with Crippen LogP contribution in [-0.2, 0) is 28.7 Å². The number of carbonyl (C=O) groups is 4. The van der Waals surface area contributed by atoms with Crippen LogP contribution in [-0.4, -0.2) is 40.9 Å². The van der Waals surface area contributed by atoms with Gasteiger partial charge in [0.25, 0.3) is 0 Å². The third-order valence-electron chi connectivity index (χ3n) is 4.72. The molecule has 1 N–H and O–H groups in total. The van der Waals surface area contributed by atoms with Gasteiger partial charge in [-0.3, -0.25) is 9.59 Å². The average Bonchev–Trinajstić information content (AvgIpc) is 2.53. The SMILES string of the molecule is CC(=O)CC[C@H](NC(=O)C(C)(C)CCC(C)(C)C(=O)OC(C)(C)C)C(=O)OC(C)(C)C. The Labute approximate surface area is 188 Å². The van der Waals surface area contributed by atoms with Gasteiger partial charge >= 0.3 is 11.9 Å². The number of nitrogens with one attached hydrogen (secondary N) is 1. The zero-order valence-electron chi connectivity index (χ0n) is 21.4. The van der Waals surface area contributed by atoms with Gasteiger partial charge in [0, 0.05) is 11.8 Å². The van der Waals surface area contributed by atoms with Crippen molar-refractivity contribution in [1.29, 1.82) is 0 Å². The van der Waals surface area contributed by atoms with Crippen molar-refractivity contribution in [2.45, 2.75) is 119 Å². The number of amides is 1. The van der Waals surface area contributed by atoms with Gasteiger partial charge in [-0.05, 0) is 81.6 Å². The molecule has 0 fully saturated rings. The van der Waals surface area contributed by atoms with E-state index in [1.807, 2.05) is 20.8 Å². The number of Topliss-reactive ketones (excluding diaryl/α,β-unsaturated/α-hetero) is 1. The fraction of sp³-hybridized carbons (Fsp3) is 0.833. The molecule has 0 aromatic heterocycles. The lowest BCUT2D eigenvalue weighted by atomic mass is 9.78. The molecule has 0 bridgehead atoms. The lowest BCUT2D eigenvalue weighted by Crippen LogP contribution is -2.49. The number of hydrogen-bond acceptors (Lipinski definition) is 6. The third kappa shape index (κ3) is 11.9. The topological polar surface area (TPSA) is 98.8 Å². The number of ketones is 1. The number of hydrogen-bond donors (Lipinski definition) is 1. The van der Waals surface area contributed by atoms with Crippen molar-refractivity contribution in [2.75, 3.05) is 0 Å². The molecule has 0 aliphatic rings. The molecule has 0 saturated carbocycles. The van der Waals surface area contributed by atoms with E-state index in [0.717, 1.165) is 0 Å². The van der Waals surface area contributed by atoms with Crippen molar-refractivity contribution in [3.63, 3.8) is 0 Å². The summed E-state index contributed by atoms with van der Waals surface area (Å²) in [4.78, 5) is 49.5. The average molecular weight is 442 g/mol. The van der Waals surface area contributed by atoms with Gasteiger partial charge in [-0.2, -0.15) is 0 Å². The first kappa shape index (κ1) is 29.1. The Hall–Kier alpha value is -1.92. The summed E-state index contributed by atoms with van der Waals surface area (Å²) in [5, 5.41) is 2.76. The van der Waals surface area contributed by atoms with E-state index in [1.165, 1.54) is 6.92 Å². The summed E-state index contributed by atoms with van der Waals surface area (Å²) in [6.45, 7) is 19.3.